The molecule has 0 amide bonds. The van der Waals surface area contributed by atoms with Crippen LogP contribution in [0.3, 0.4) is 0 Å². The molecule has 0 radical (unpaired) electrons. The average molecular weight is 193 g/mol. The van der Waals surface area contributed by atoms with E-state index in [1.54, 1.807) is 6.20 Å². The molecule has 1 aromatic rings. The third-order valence-corrected chi connectivity index (χ3v) is 2.47. The highest BCUT2D eigenvalue weighted by molar-refractivity contribution is 5.75. The van der Waals surface area contributed by atoms with Gasteiger partial charge in [0.1, 0.15) is 0 Å². The standard InChI is InChI=1S/C11H15NO2/c1-4-10(11(13)14)9-5-7(2)8(3)12-6-9/h5-6,10H,4H2,1-3H3,(H,13,14). The van der Waals surface area contributed by atoms with Gasteiger partial charge in [0.15, 0.2) is 0 Å². The zero-order valence-corrected chi connectivity index (χ0v) is 8.74. The van der Waals surface area contributed by atoms with E-state index >= 15 is 0 Å². The number of carbonyl (C=O) groups is 1. The Labute approximate surface area is 83.8 Å². The first kappa shape index (κ1) is 10.7. The number of aromatic nitrogens is 1. The van der Waals surface area contributed by atoms with Crippen LogP contribution < -0.4 is 0 Å². The Morgan fingerprint density at radius 2 is 2.21 bits per heavy atom. The van der Waals surface area contributed by atoms with E-state index in [-0.39, 0.29) is 0 Å². The number of nitrogens with zero attached hydrogens (tertiary/aromatic N) is 1. The largest absolute Gasteiger partial charge is 0.481 e. The second-order valence-corrected chi connectivity index (χ2v) is 3.47. The number of carboxylic acids is 1. The van der Waals surface area contributed by atoms with Gasteiger partial charge < -0.3 is 5.11 Å². The molecule has 0 fully saturated rings. The van der Waals surface area contributed by atoms with Gasteiger partial charge >= 0.3 is 5.97 Å². The molecule has 1 rings (SSSR count). The first-order valence-corrected chi connectivity index (χ1v) is 4.72. The fourth-order valence-electron chi connectivity index (χ4n) is 1.41. The van der Waals surface area contributed by atoms with Crippen LogP contribution in [0.4, 0.5) is 0 Å². The molecule has 76 valence electrons. The Morgan fingerprint density at radius 3 is 2.64 bits per heavy atom. The van der Waals surface area contributed by atoms with Gasteiger partial charge in [0.25, 0.3) is 0 Å². The fraction of sp³-hybridized carbons (Fsp3) is 0.455. The third kappa shape index (κ3) is 2.10. The Bertz CT molecular complexity index is 347. The summed E-state index contributed by atoms with van der Waals surface area (Å²) in [5, 5.41) is 8.96. The fourth-order valence-corrected chi connectivity index (χ4v) is 1.41. The molecule has 0 aliphatic carbocycles. The molecule has 0 aliphatic rings. The maximum Gasteiger partial charge on any atom is 0.311 e. The van der Waals surface area contributed by atoms with Crippen LogP contribution in [0.15, 0.2) is 12.3 Å². The Balaban J connectivity index is 3.06. The summed E-state index contributed by atoms with van der Waals surface area (Å²) < 4.78 is 0. The summed E-state index contributed by atoms with van der Waals surface area (Å²) in [6.07, 6.45) is 2.25. The molecule has 0 aliphatic heterocycles. The van der Waals surface area contributed by atoms with Gasteiger partial charge in [-0.3, -0.25) is 9.78 Å². The number of rotatable bonds is 3. The molecule has 1 atom stereocenters. The van der Waals surface area contributed by atoms with Crippen LogP contribution in [0.5, 0.6) is 0 Å². The zero-order valence-electron chi connectivity index (χ0n) is 8.74. The van der Waals surface area contributed by atoms with E-state index in [0.717, 1.165) is 16.8 Å². The SMILES string of the molecule is CCC(C(=O)O)c1cnc(C)c(C)c1. The summed E-state index contributed by atoms with van der Waals surface area (Å²) in [5.74, 6) is -1.21. The number of pyridine rings is 1. The van der Waals surface area contributed by atoms with Crippen molar-refractivity contribution in [3.05, 3.63) is 29.1 Å². The summed E-state index contributed by atoms with van der Waals surface area (Å²) in [4.78, 5) is 15.1. The van der Waals surface area contributed by atoms with E-state index < -0.39 is 11.9 Å². The molecule has 1 heterocycles. The summed E-state index contributed by atoms with van der Waals surface area (Å²) in [5.41, 5.74) is 2.79. The predicted molar refractivity (Wildman–Crippen MR) is 54.4 cm³/mol. The summed E-state index contributed by atoms with van der Waals surface area (Å²) in [6, 6.07) is 1.91. The van der Waals surface area contributed by atoms with Crippen molar-refractivity contribution in [2.75, 3.05) is 0 Å². The minimum atomic E-state index is -0.780. The van der Waals surface area contributed by atoms with Crippen LogP contribution in [-0.2, 0) is 4.79 Å². The minimum Gasteiger partial charge on any atom is -0.481 e. The van der Waals surface area contributed by atoms with Gasteiger partial charge in [0, 0.05) is 11.9 Å². The lowest BCUT2D eigenvalue weighted by atomic mass is 9.97. The second-order valence-electron chi connectivity index (χ2n) is 3.47. The molecule has 3 heteroatoms. The zero-order chi connectivity index (χ0) is 10.7. The number of aryl methyl sites for hydroxylation is 2. The Morgan fingerprint density at radius 1 is 1.57 bits per heavy atom. The first-order chi connectivity index (χ1) is 6.56. The van der Waals surface area contributed by atoms with E-state index in [9.17, 15) is 4.79 Å². The lowest BCUT2D eigenvalue weighted by Gasteiger charge is -2.10. The van der Waals surface area contributed by atoms with Crippen molar-refractivity contribution >= 4 is 5.97 Å². The molecule has 0 bridgehead atoms. The Kier molecular flexibility index (Phi) is 3.23. The summed E-state index contributed by atoms with van der Waals surface area (Å²) >= 11 is 0. The highest BCUT2D eigenvalue weighted by Crippen LogP contribution is 2.20. The van der Waals surface area contributed by atoms with Crippen LogP contribution in [0.1, 0.15) is 36.1 Å². The second kappa shape index (κ2) is 4.22. The van der Waals surface area contributed by atoms with E-state index in [4.69, 9.17) is 5.11 Å². The van der Waals surface area contributed by atoms with Crippen LogP contribution in [0.2, 0.25) is 0 Å². The maximum absolute atomic E-state index is 10.9. The summed E-state index contributed by atoms with van der Waals surface area (Å²) in [7, 11) is 0. The number of hydrogen-bond donors (Lipinski definition) is 1. The highest BCUT2D eigenvalue weighted by Gasteiger charge is 2.17. The van der Waals surface area contributed by atoms with Gasteiger partial charge in [-0.05, 0) is 31.4 Å². The molecule has 3 nitrogen and oxygen atoms in total. The first-order valence-electron chi connectivity index (χ1n) is 4.72. The van der Waals surface area contributed by atoms with Gasteiger partial charge in [-0.15, -0.1) is 0 Å². The molecular weight excluding hydrogens is 178 g/mol. The smallest absolute Gasteiger partial charge is 0.311 e. The third-order valence-electron chi connectivity index (χ3n) is 2.47. The maximum atomic E-state index is 10.9. The van der Waals surface area contributed by atoms with Crippen molar-refractivity contribution in [1.29, 1.82) is 0 Å². The lowest BCUT2D eigenvalue weighted by molar-refractivity contribution is -0.138. The van der Waals surface area contributed by atoms with Crippen molar-refractivity contribution in [2.24, 2.45) is 0 Å². The van der Waals surface area contributed by atoms with E-state index in [1.165, 1.54) is 0 Å². The number of carboxylic acid groups (broad SMARTS) is 1. The van der Waals surface area contributed by atoms with Crippen molar-refractivity contribution in [1.82, 2.24) is 4.98 Å². The molecule has 1 aromatic heterocycles. The normalized spacial score (nSPS) is 12.5. The van der Waals surface area contributed by atoms with Gasteiger partial charge in [-0.25, -0.2) is 0 Å². The van der Waals surface area contributed by atoms with Gasteiger partial charge in [-0.1, -0.05) is 13.0 Å². The van der Waals surface area contributed by atoms with Crippen LogP contribution in [0.25, 0.3) is 0 Å². The highest BCUT2D eigenvalue weighted by atomic mass is 16.4. The average Bonchev–Trinajstić information content (AvgIpc) is 2.11. The van der Waals surface area contributed by atoms with Crippen molar-refractivity contribution in [3.8, 4) is 0 Å². The van der Waals surface area contributed by atoms with E-state index in [2.05, 4.69) is 4.98 Å². The van der Waals surface area contributed by atoms with Crippen LogP contribution in [-0.4, -0.2) is 16.1 Å². The molecular formula is C11H15NO2. The van der Waals surface area contributed by atoms with Crippen molar-refractivity contribution in [2.45, 2.75) is 33.1 Å². The lowest BCUT2D eigenvalue weighted by Crippen LogP contribution is -2.11. The molecule has 1 unspecified atom stereocenters. The topological polar surface area (TPSA) is 50.2 Å². The van der Waals surface area contributed by atoms with E-state index in [0.29, 0.717) is 6.42 Å². The quantitative estimate of drug-likeness (QED) is 0.801. The predicted octanol–water partition coefficient (Wildman–Crippen LogP) is 2.28. The van der Waals surface area contributed by atoms with Gasteiger partial charge in [-0.2, -0.15) is 0 Å². The number of aliphatic carboxylic acids is 1. The van der Waals surface area contributed by atoms with Gasteiger partial charge in [0.2, 0.25) is 0 Å². The molecule has 0 saturated carbocycles. The number of hydrogen-bond acceptors (Lipinski definition) is 2. The van der Waals surface area contributed by atoms with Gasteiger partial charge in [0.05, 0.1) is 5.92 Å². The van der Waals surface area contributed by atoms with Crippen molar-refractivity contribution < 1.29 is 9.90 Å². The monoisotopic (exact) mass is 193 g/mol. The van der Waals surface area contributed by atoms with Crippen molar-refractivity contribution in [3.63, 3.8) is 0 Å². The molecule has 0 spiro atoms. The molecule has 1 N–H and O–H groups in total. The van der Waals surface area contributed by atoms with Crippen LogP contribution >= 0.6 is 0 Å². The minimum absolute atomic E-state index is 0.429. The Hall–Kier alpha value is -1.38. The molecule has 14 heavy (non-hydrogen) atoms. The van der Waals surface area contributed by atoms with E-state index in [1.807, 2.05) is 26.8 Å². The molecule has 0 saturated heterocycles. The molecule has 0 aromatic carbocycles. The summed E-state index contributed by atoms with van der Waals surface area (Å²) in [6.45, 7) is 5.73. The van der Waals surface area contributed by atoms with Crippen LogP contribution in [0, 0.1) is 13.8 Å².